The zero-order chi connectivity index (χ0) is 13.1. The van der Waals surface area contributed by atoms with Crippen LogP contribution in [0.4, 0.5) is 25.0 Å². The molecule has 0 bridgehead atoms. The molecule has 1 heterocycles. The second-order valence-corrected chi connectivity index (χ2v) is 4.01. The van der Waals surface area contributed by atoms with Crippen molar-refractivity contribution in [1.82, 2.24) is 5.32 Å². The fourth-order valence-electron chi connectivity index (χ4n) is 1.65. The average Bonchev–Trinajstić information content (AvgIpc) is 2.78. The second-order valence-electron chi connectivity index (χ2n) is 4.01. The third kappa shape index (κ3) is 2.86. The van der Waals surface area contributed by atoms with Gasteiger partial charge >= 0.3 is 6.03 Å². The van der Waals surface area contributed by atoms with Crippen molar-refractivity contribution in [2.24, 2.45) is 0 Å². The second kappa shape index (κ2) is 5.18. The molecule has 18 heavy (non-hydrogen) atoms. The molecule has 7 heteroatoms. The van der Waals surface area contributed by atoms with E-state index in [0.717, 1.165) is 6.07 Å². The Morgan fingerprint density at radius 3 is 2.83 bits per heavy atom. The molecule has 1 fully saturated rings. The van der Waals surface area contributed by atoms with Crippen molar-refractivity contribution in [1.29, 1.82) is 0 Å². The van der Waals surface area contributed by atoms with Gasteiger partial charge in [0.2, 0.25) is 0 Å². The van der Waals surface area contributed by atoms with Crippen molar-refractivity contribution in [2.75, 3.05) is 24.3 Å². The predicted molar refractivity (Wildman–Crippen MR) is 62.1 cm³/mol. The molecule has 0 radical (unpaired) electrons. The molecule has 0 saturated carbocycles. The van der Waals surface area contributed by atoms with Crippen LogP contribution in [0.5, 0.6) is 0 Å². The molecule has 0 aromatic heterocycles. The van der Waals surface area contributed by atoms with Gasteiger partial charge in [-0.3, -0.25) is 0 Å². The molecule has 1 aliphatic heterocycles. The van der Waals surface area contributed by atoms with Gasteiger partial charge < -0.3 is 21.1 Å². The molecule has 2 rings (SSSR count). The minimum absolute atomic E-state index is 0.0918. The SMILES string of the molecule is Nc1cc(NC(=O)NC2CCOC2)c(F)cc1F. The van der Waals surface area contributed by atoms with Gasteiger partial charge in [0.15, 0.2) is 0 Å². The summed E-state index contributed by atoms with van der Waals surface area (Å²) in [5, 5.41) is 4.89. The Morgan fingerprint density at radius 2 is 2.17 bits per heavy atom. The number of amides is 2. The quantitative estimate of drug-likeness (QED) is 0.702. The maximum absolute atomic E-state index is 13.3. The van der Waals surface area contributed by atoms with E-state index < -0.39 is 17.7 Å². The first-order valence-corrected chi connectivity index (χ1v) is 5.46. The van der Waals surface area contributed by atoms with Crippen LogP contribution in [0.1, 0.15) is 6.42 Å². The molecule has 1 aliphatic rings. The van der Waals surface area contributed by atoms with E-state index in [1.54, 1.807) is 0 Å². The van der Waals surface area contributed by atoms with Gasteiger partial charge in [-0.05, 0) is 12.5 Å². The van der Waals surface area contributed by atoms with E-state index >= 15 is 0 Å². The lowest BCUT2D eigenvalue weighted by atomic mass is 10.2. The highest BCUT2D eigenvalue weighted by Crippen LogP contribution is 2.20. The van der Waals surface area contributed by atoms with Gasteiger partial charge in [-0.25, -0.2) is 13.6 Å². The molecule has 5 nitrogen and oxygen atoms in total. The molecule has 1 aromatic carbocycles. The number of carbonyl (C=O) groups is 1. The van der Waals surface area contributed by atoms with Gasteiger partial charge in [0, 0.05) is 12.7 Å². The first-order chi connectivity index (χ1) is 8.56. The van der Waals surface area contributed by atoms with Crippen LogP contribution < -0.4 is 16.4 Å². The topological polar surface area (TPSA) is 76.4 Å². The lowest BCUT2D eigenvalue weighted by Crippen LogP contribution is -2.38. The number of carbonyl (C=O) groups excluding carboxylic acids is 1. The smallest absolute Gasteiger partial charge is 0.319 e. The highest BCUT2D eigenvalue weighted by molar-refractivity contribution is 5.90. The van der Waals surface area contributed by atoms with Gasteiger partial charge in [-0.2, -0.15) is 0 Å². The molecule has 2 amide bonds. The van der Waals surface area contributed by atoms with E-state index in [1.807, 2.05) is 0 Å². The van der Waals surface area contributed by atoms with E-state index in [4.69, 9.17) is 10.5 Å². The molecule has 4 N–H and O–H groups in total. The number of hydrogen-bond donors (Lipinski definition) is 3. The Kier molecular flexibility index (Phi) is 3.61. The molecule has 1 aromatic rings. The number of ether oxygens (including phenoxy) is 1. The summed E-state index contributed by atoms with van der Waals surface area (Å²) in [5.74, 6) is -1.73. The molecular weight excluding hydrogens is 244 g/mol. The number of benzene rings is 1. The number of nitrogens with two attached hydrogens (primary N) is 1. The van der Waals surface area contributed by atoms with E-state index in [2.05, 4.69) is 10.6 Å². The monoisotopic (exact) mass is 257 g/mol. The lowest BCUT2D eigenvalue weighted by molar-refractivity contribution is 0.189. The summed E-state index contributed by atoms with van der Waals surface area (Å²) < 4.78 is 31.3. The van der Waals surface area contributed by atoms with Crippen LogP contribution in [-0.2, 0) is 4.74 Å². The molecule has 0 spiro atoms. The maximum atomic E-state index is 13.3. The number of halogens is 2. The molecule has 0 aliphatic carbocycles. The number of nitrogen functional groups attached to an aromatic ring is 1. The normalized spacial score (nSPS) is 18.7. The number of anilines is 2. The number of rotatable bonds is 2. The number of nitrogens with one attached hydrogen (secondary N) is 2. The van der Waals surface area contributed by atoms with Crippen LogP contribution in [0.2, 0.25) is 0 Å². The first kappa shape index (κ1) is 12.6. The summed E-state index contributed by atoms with van der Waals surface area (Å²) in [6.45, 7) is 1.02. The van der Waals surface area contributed by atoms with Crippen LogP contribution in [-0.4, -0.2) is 25.3 Å². The third-order valence-corrected chi connectivity index (χ3v) is 2.60. The Bertz CT molecular complexity index is 462. The average molecular weight is 257 g/mol. The first-order valence-electron chi connectivity index (χ1n) is 5.46. The largest absolute Gasteiger partial charge is 0.396 e. The van der Waals surface area contributed by atoms with Crippen molar-refractivity contribution >= 4 is 17.4 Å². The molecule has 98 valence electrons. The summed E-state index contributed by atoms with van der Waals surface area (Å²) >= 11 is 0. The Balaban J connectivity index is 2.00. The van der Waals surface area contributed by atoms with Crippen molar-refractivity contribution < 1.29 is 18.3 Å². The summed E-state index contributed by atoms with van der Waals surface area (Å²) in [6, 6.07) is 1.00. The van der Waals surface area contributed by atoms with Crippen molar-refractivity contribution in [3.05, 3.63) is 23.8 Å². The number of hydrogen-bond acceptors (Lipinski definition) is 3. The summed E-state index contributed by atoms with van der Waals surface area (Å²) in [4.78, 5) is 11.5. The number of urea groups is 1. The molecule has 1 atom stereocenters. The van der Waals surface area contributed by atoms with Crippen LogP contribution in [0.15, 0.2) is 12.1 Å². The minimum atomic E-state index is -0.875. The Hall–Kier alpha value is -1.89. The molecular formula is C11H13F2N3O2. The van der Waals surface area contributed by atoms with Gasteiger partial charge in [-0.15, -0.1) is 0 Å². The standard InChI is InChI=1S/C11H13F2N3O2/c12-7-3-8(13)10(4-9(7)14)16-11(17)15-6-1-2-18-5-6/h3-4,6H,1-2,5,14H2,(H2,15,16,17). The van der Waals surface area contributed by atoms with Crippen LogP contribution in [0, 0.1) is 11.6 Å². The maximum Gasteiger partial charge on any atom is 0.319 e. The Labute approximate surface area is 102 Å². The molecule has 1 unspecified atom stereocenters. The van der Waals surface area contributed by atoms with Gasteiger partial charge in [0.1, 0.15) is 11.6 Å². The van der Waals surface area contributed by atoms with E-state index in [0.29, 0.717) is 25.7 Å². The highest BCUT2D eigenvalue weighted by atomic mass is 19.1. The van der Waals surface area contributed by atoms with Crippen LogP contribution in [0.25, 0.3) is 0 Å². The zero-order valence-electron chi connectivity index (χ0n) is 9.50. The van der Waals surface area contributed by atoms with Gasteiger partial charge in [0.05, 0.1) is 24.0 Å². The van der Waals surface area contributed by atoms with Crippen LogP contribution >= 0.6 is 0 Å². The highest BCUT2D eigenvalue weighted by Gasteiger charge is 2.18. The third-order valence-electron chi connectivity index (χ3n) is 2.60. The lowest BCUT2D eigenvalue weighted by Gasteiger charge is -2.12. The van der Waals surface area contributed by atoms with Crippen LogP contribution in [0.3, 0.4) is 0 Å². The molecule has 1 saturated heterocycles. The van der Waals surface area contributed by atoms with Gasteiger partial charge in [0.25, 0.3) is 0 Å². The summed E-state index contributed by atoms with van der Waals surface area (Å²) in [7, 11) is 0. The van der Waals surface area contributed by atoms with Crippen molar-refractivity contribution in [3.8, 4) is 0 Å². The predicted octanol–water partition coefficient (Wildman–Crippen LogP) is 1.46. The van der Waals surface area contributed by atoms with Crippen molar-refractivity contribution in [2.45, 2.75) is 12.5 Å². The van der Waals surface area contributed by atoms with Crippen molar-refractivity contribution in [3.63, 3.8) is 0 Å². The van der Waals surface area contributed by atoms with E-state index in [-0.39, 0.29) is 17.4 Å². The van der Waals surface area contributed by atoms with Gasteiger partial charge in [-0.1, -0.05) is 0 Å². The zero-order valence-corrected chi connectivity index (χ0v) is 9.50. The Morgan fingerprint density at radius 1 is 1.39 bits per heavy atom. The summed E-state index contributed by atoms with van der Waals surface area (Å²) in [5.41, 5.74) is 4.91. The fraction of sp³-hybridized carbons (Fsp3) is 0.364. The van der Waals surface area contributed by atoms with E-state index in [1.165, 1.54) is 0 Å². The summed E-state index contributed by atoms with van der Waals surface area (Å²) in [6.07, 6.45) is 0.710. The minimum Gasteiger partial charge on any atom is -0.396 e. The van der Waals surface area contributed by atoms with E-state index in [9.17, 15) is 13.6 Å². The fourth-order valence-corrected chi connectivity index (χ4v) is 1.65.